The molecule has 0 atom stereocenters. The van der Waals surface area contributed by atoms with E-state index in [1.54, 1.807) is 18.4 Å². The summed E-state index contributed by atoms with van der Waals surface area (Å²) in [6, 6.07) is 6.91. The van der Waals surface area contributed by atoms with E-state index >= 15 is 0 Å². The maximum Gasteiger partial charge on any atom is 0.177 e. The molecule has 20 heavy (non-hydrogen) atoms. The molecule has 0 aliphatic heterocycles. The minimum Gasteiger partial charge on any atom is -0.469 e. The summed E-state index contributed by atoms with van der Waals surface area (Å²) in [7, 11) is -3.31. The summed E-state index contributed by atoms with van der Waals surface area (Å²) in [4.78, 5) is 7.82. The maximum atomic E-state index is 11.8. The Kier molecular flexibility index (Phi) is 2.90. The zero-order valence-corrected chi connectivity index (χ0v) is 12.0. The fourth-order valence-corrected chi connectivity index (χ4v) is 3.09. The van der Waals surface area contributed by atoms with Crippen LogP contribution in [0.3, 0.4) is 0 Å². The maximum absolute atomic E-state index is 11.8. The second kappa shape index (κ2) is 4.49. The lowest BCUT2D eigenvalue weighted by molar-refractivity contribution is 0.517. The van der Waals surface area contributed by atoms with E-state index in [0.717, 1.165) is 17.7 Å². The Labute approximate surface area is 116 Å². The molecular weight excluding hydrogens is 276 g/mol. The summed E-state index contributed by atoms with van der Waals surface area (Å²) >= 11 is 0. The fraction of sp³-hybridized carbons (Fsp3) is 0.214. The topological polar surface area (TPSA) is 76.0 Å². The van der Waals surface area contributed by atoms with Crippen molar-refractivity contribution in [1.82, 2.24) is 9.97 Å². The van der Waals surface area contributed by atoms with Gasteiger partial charge in [-0.05, 0) is 18.2 Å². The Morgan fingerprint density at radius 1 is 1.30 bits per heavy atom. The highest BCUT2D eigenvalue weighted by Crippen LogP contribution is 2.28. The van der Waals surface area contributed by atoms with Gasteiger partial charge in [-0.3, -0.25) is 0 Å². The van der Waals surface area contributed by atoms with E-state index < -0.39 is 9.84 Å². The van der Waals surface area contributed by atoms with Gasteiger partial charge in [0.25, 0.3) is 0 Å². The Bertz CT molecular complexity index is 875. The first-order valence-corrected chi connectivity index (χ1v) is 8.15. The number of imidazole rings is 1. The molecule has 1 aromatic carbocycles. The van der Waals surface area contributed by atoms with Crippen molar-refractivity contribution in [3.8, 4) is 11.4 Å². The third-order valence-electron chi connectivity index (χ3n) is 3.20. The Morgan fingerprint density at radius 3 is 2.80 bits per heavy atom. The van der Waals surface area contributed by atoms with E-state index in [9.17, 15) is 8.42 Å². The van der Waals surface area contributed by atoms with Gasteiger partial charge in [0.1, 0.15) is 17.1 Å². The van der Waals surface area contributed by atoms with Gasteiger partial charge in [0, 0.05) is 12.7 Å². The number of aromatic nitrogens is 2. The molecule has 0 radical (unpaired) electrons. The number of para-hydroxylation sites is 1. The summed E-state index contributed by atoms with van der Waals surface area (Å²) in [6.07, 6.45) is 3.54. The molecule has 104 valence electrons. The lowest BCUT2D eigenvalue weighted by Gasteiger charge is -1.97. The van der Waals surface area contributed by atoms with E-state index in [-0.39, 0.29) is 4.90 Å². The zero-order chi connectivity index (χ0) is 14.3. The van der Waals surface area contributed by atoms with Crippen LogP contribution in [0.5, 0.6) is 0 Å². The van der Waals surface area contributed by atoms with Gasteiger partial charge >= 0.3 is 0 Å². The van der Waals surface area contributed by atoms with Gasteiger partial charge in [-0.1, -0.05) is 13.0 Å². The normalized spacial score (nSPS) is 12.1. The molecule has 0 saturated carbocycles. The second-order valence-corrected chi connectivity index (χ2v) is 6.61. The van der Waals surface area contributed by atoms with Crippen LogP contribution >= 0.6 is 0 Å². The molecule has 0 aliphatic carbocycles. The second-order valence-electron chi connectivity index (χ2n) is 4.62. The highest BCUT2D eigenvalue weighted by atomic mass is 32.2. The van der Waals surface area contributed by atoms with Crippen LogP contribution in [0.4, 0.5) is 0 Å². The van der Waals surface area contributed by atoms with Gasteiger partial charge in [0.15, 0.2) is 9.84 Å². The molecule has 0 aliphatic rings. The number of fused-ring (bicyclic) bond motifs is 1. The van der Waals surface area contributed by atoms with Crippen LogP contribution in [0.15, 0.2) is 39.8 Å². The van der Waals surface area contributed by atoms with E-state index in [4.69, 9.17) is 4.42 Å². The first kappa shape index (κ1) is 12.9. The number of nitrogens with one attached hydrogen (secondary N) is 1. The number of aryl methyl sites for hydroxylation is 1. The number of nitrogens with zero attached hydrogens (tertiary/aromatic N) is 1. The van der Waals surface area contributed by atoms with Gasteiger partial charge in [0.05, 0.1) is 22.2 Å². The number of furan rings is 1. The van der Waals surface area contributed by atoms with Gasteiger partial charge in [0.2, 0.25) is 0 Å². The van der Waals surface area contributed by atoms with Crippen LogP contribution in [0.2, 0.25) is 0 Å². The Morgan fingerprint density at radius 2 is 2.10 bits per heavy atom. The summed E-state index contributed by atoms with van der Waals surface area (Å²) in [5.74, 6) is 1.45. The van der Waals surface area contributed by atoms with Crippen LogP contribution in [0.25, 0.3) is 22.4 Å². The molecule has 5 nitrogen and oxygen atoms in total. The number of sulfone groups is 1. The molecule has 2 aromatic heterocycles. The van der Waals surface area contributed by atoms with Gasteiger partial charge in [-0.2, -0.15) is 0 Å². The number of H-pyrrole nitrogens is 1. The van der Waals surface area contributed by atoms with Crippen molar-refractivity contribution in [1.29, 1.82) is 0 Å². The highest BCUT2D eigenvalue weighted by Gasteiger charge is 2.17. The molecular formula is C14H14N2O3S. The lowest BCUT2D eigenvalue weighted by atomic mass is 10.2. The molecule has 1 N–H and O–H groups in total. The van der Waals surface area contributed by atoms with Crippen molar-refractivity contribution in [3.63, 3.8) is 0 Å². The average Bonchev–Trinajstić information content (AvgIpc) is 3.02. The van der Waals surface area contributed by atoms with Crippen LogP contribution in [0.1, 0.15) is 12.7 Å². The Hall–Kier alpha value is -2.08. The first-order chi connectivity index (χ1) is 9.50. The van der Waals surface area contributed by atoms with Crippen LogP contribution in [-0.4, -0.2) is 24.6 Å². The number of hydrogen-bond acceptors (Lipinski definition) is 4. The van der Waals surface area contributed by atoms with Gasteiger partial charge in [-0.25, -0.2) is 13.4 Å². The number of aromatic amines is 1. The molecule has 6 heteroatoms. The molecule has 3 rings (SSSR count). The van der Waals surface area contributed by atoms with Crippen molar-refractivity contribution in [2.24, 2.45) is 0 Å². The molecule has 0 fully saturated rings. The standard InChI is InChI=1S/C14H14N2O3S/c1-3-11-9(7-8-19-11)14-15-10-5-4-6-12(13(10)16-14)20(2,17)18/h4-8H,3H2,1-2H3,(H,15,16). The van der Waals surface area contributed by atoms with Crippen molar-refractivity contribution in [2.75, 3.05) is 6.26 Å². The van der Waals surface area contributed by atoms with Crippen molar-refractivity contribution < 1.29 is 12.8 Å². The molecule has 3 aromatic rings. The molecule has 0 bridgehead atoms. The zero-order valence-electron chi connectivity index (χ0n) is 11.2. The SMILES string of the molecule is CCc1occc1-c1nc2c(S(C)(=O)=O)cccc2[nH]1. The predicted molar refractivity (Wildman–Crippen MR) is 76.3 cm³/mol. The van der Waals surface area contributed by atoms with E-state index in [2.05, 4.69) is 9.97 Å². The summed E-state index contributed by atoms with van der Waals surface area (Å²) in [5.41, 5.74) is 2.03. The predicted octanol–water partition coefficient (Wildman–Crippen LogP) is 2.79. The summed E-state index contributed by atoms with van der Waals surface area (Å²) in [5, 5.41) is 0. The minimum absolute atomic E-state index is 0.235. The molecule has 0 spiro atoms. The third kappa shape index (κ3) is 2.02. The van der Waals surface area contributed by atoms with E-state index in [1.807, 2.05) is 19.1 Å². The number of hydrogen-bond donors (Lipinski definition) is 1. The molecule has 0 unspecified atom stereocenters. The summed E-state index contributed by atoms with van der Waals surface area (Å²) < 4.78 is 29.0. The average molecular weight is 290 g/mol. The first-order valence-electron chi connectivity index (χ1n) is 6.26. The third-order valence-corrected chi connectivity index (χ3v) is 4.33. The molecule has 2 heterocycles. The summed E-state index contributed by atoms with van der Waals surface area (Å²) in [6.45, 7) is 1.99. The van der Waals surface area contributed by atoms with Crippen LogP contribution < -0.4 is 0 Å². The van der Waals surface area contributed by atoms with Crippen molar-refractivity contribution >= 4 is 20.9 Å². The Balaban J connectivity index is 2.27. The van der Waals surface area contributed by atoms with Gasteiger partial charge < -0.3 is 9.40 Å². The van der Waals surface area contributed by atoms with Gasteiger partial charge in [-0.15, -0.1) is 0 Å². The van der Waals surface area contributed by atoms with Crippen LogP contribution in [0, 0.1) is 0 Å². The van der Waals surface area contributed by atoms with Crippen molar-refractivity contribution in [2.45, 2.75) is 18.2 Å². The van der Waals surface area contributed by atoms with Crippen LogP contribution in [-0.2, 0) is 16.3 Å². The van der Waals surface area contributed by atoms with E-state index in [0.29, 0.717) is 16.9 Å². The van der Waals surface area contributed by atoms with Crippen molar-refractivity contribution in [3.05, 3.63) is 36.3 Å². The molecule has 0 saturated heterocycles. The smallest absolute Gasteiger partial charge is 0.177 e. The fourth-order valence-electron chi connectivity index (χ4n) is 2.26. The lowest BCUT2D eigenvalue weighted by Crippen LogP contribution is -1.97. The molecule has 0 amide bonds. The monoisotopic (exact) mass is 290 g/mol. The minimum atomic E-state index is -3.31. The quantitative estimate of drug-likeness (QED) is 0.804. The number of rotatable bonds is 3. The highest BCUT2D eigenvalue weighted by molar-refractivity contribution is 7.91. The largest absolute Gasteiger partial charge is 0.469 e. The van der Waals surface area contributed by atoms with E-state index in [1.165, 1.54) is 6.26 Å². The number of benzene rings is 1.